The minimum absolute atomic E-state index is 0.408. The maximum atomic E-state index is 10.2. The van der Waals surface area contributed by atoms with Crippen molar-refractivity contribution in [3.05, 3.63) is 22.7 Å². The number of aliphatic hydroxyl groups is 1. The van der Waals surface area contributed by atoms with Gasteiger partial charge in [-0.25, -0.2) is 0 Å². The van der Waals surface area contributed by atoms with Crippen LogP contribution in [0.3, 0.4) is 0 Å². The van der Waals surface area contributed by atoms with Gasteiger partial charge >= 0.3 is 0 Å². The summed E-state index contributed by atoms with van der Waals surface area (Å²) < 4.78 is 10.3. The molecule has 0 aliphatic carbocycles. The fourth-order valence-corrected chi connectivity index (χ4v) is 1.93. The van der Waals surface area contributed by atoms with E-state index in [0.717, 1.165) is 0 Å². The summed E-state index contributed by atoms with van der Waals surface area (Å²) in [5, 5.41) is 10.6. The van der Waals surface area contributed by atoms with E-state index in [4.69, 9.17) is 32.5 Å². The molecule has 1 rings (SSSR count). The van der Waals surface area contributed by atoms with Gasteiger partial charge in [0.15, 0.2) is 0 Å². The highest BCUT2D eigenvalue weighted by molar-refractivity contribution is 6.32. The number of hydrogen-bond acceptors (Lipinski definition) is 5. The lowest BCUT2D eigenvalue weighted by Crippen LogP contribution is -2.31. The largest absolute Gasteiger partial charge is 0.496 e. The fourth-order valence-electron chi connectivity index (χ4n) is 1.70. The predicted octanol–water partition coefficient (Wildman–Crippen LogP) is 1.07. The van der Waals surface area contributed by atoms with E-state index in [-0.39, 0.29) is 0 Å². The molecule has 0 aliphatic rings. The molecule has 2 unspecified atom stereocenters. The zero-order valence-corrected chi connectivity index (χ0v) is 11.3. The highest BCUT2D eigenvalue weighted by atomic mass is 35.5. The zero-order valence-electron chi connectivity index (χ0n) is 10.5. The molecule has 0 spiro atoms. The third-order valence-corrected chi connectivity index (χ3v) is 3.02. The first-order valence-electron chi connectivity index (χ1n) is 5.60. The minimum atomic E-state index is -0.880. The molecule has 1 aromatic rings. The first-order valence-corrected chi connectivity index (χ1v) is 5.98. The Hall–Kier alpha value is -1.01. The number of nitrogens with two attached hydrogens (primary N) is 2. The van der Waals surface area contributed by atoms with Crippen molar-refractivity contribution >= 4 is 11.6 Å². The summed E-state index contributed by atoms with van der Waals surface area (Å²) >= 11 is 5.99. The Morgan fingerprint density at radius 2 is 1.89 bits per heavy atom. The topological polar surface area (TPSA) is 90.7 Å². The van der Waals surface area contributed by atoms with Gasteiger partial charge in [-0.2, -0.15) is 0 Å². The van der Waals surface area contributed by atoms with Crippen molar-refractivity contribution < 1.29 is 14.6 Å². The normalized spacial score (nSPS) is 14.1. The van der Waals surface area contributed by atoms with Crippen LogP contribution in [-0.2, 0) is 0 Å². The van der Waals surface area contributed by atoms with Crippen molar-refractivity contribution in [2.75, 3.05) is 20.8 Å². The molecular weight excluding hydrogens is 256 g/mol. The van der Waals surface area contributed by atoms with E-state index in [9.17, 15) is 5.11 Å². The van der Waals surface area contributed by atoms with Crippen LogP contribution < -0.4 is 20.9 Å². The van der Waals surface area contributed by atoms with Crippen LogP contribution in [0.4, 0.5) is 0 Å². The number of rotatable bonds is 6. The molecule has 0 saturated heterocycles. The highest BCUT2D eigenvalue weighted by Crippen LogP contribution is 2.36. The number of benzene rings is 1. The maximum absolute atomic E-state index is 10.2. The molecule has 0 radical (unpaired) electrons. The van der Waals surface area contributed by atoms with Crippen molar-refractivity contribution in [2.24, 2.45) is 11.5 Å². The van der Waals surface area contributed by atoms with Crippen molar-refractivity contribution in [2.45, 2.75) is 18.6 Å². The van der Waals surface area contributed by atoms with Crippen LogP contribution in [0.2, 0.25) is 5.02 Å². The number of methoxy groups -OCH3 is 2. The van der Waals surface area contributed by atoms with Crippen molar-refractivity contribution in [1.82, 2.24) is 0 Å². The Balaban J connectivity index is 3.12. The van der Waals surface area contributed by atoms with Crippen molar-refractivity contribution in [3.63, 3.8) is 0 Å². The van der Waals surface area contributed by atoms with E-state index in [1.54, 1.807) is 12.1 Å². The first kappa shape index (κ1) is 15.0. The molecule has 0 aliphatic heterocycles. The van der Waals surface area contributed by atoms with E-state index in [1.807, 2.05) is 0 Å². The van der Waals surface area contributed by atoms with Crippen LogP contribution in [0.25, 0.3) is 0 Å². The van der Waals surface area contributed by atoms with Crippen LogP contribution in [0.1, 0.15) is 18.1 Å². The second-order valence-electron chi connectivity index (χ2n) is 3.91. The Morgan fingerprint density at radius 1 is 1.28 bits per heavy atom. The van der Waals surface area contributed by atoms with Gasteiger partial charge in [0.2, 0.25) is 0 Å². The molecule has 2 atom stereocenters. The Morgan fingerprint density at radius 3 is 2.39 bits per heavy atom. The SMILES string of the molecule is COc1cc(C(O)C(N)CCN)c(OC)cc1Cl. The van der Waals surface area contributed by atoms with E-state index >= 15 is 0 Å². The molecule has 18 heavy (non-hydrogen) atoms. The average molecular weight is 275 g/mol. The number of aliphatic hydroxyl groups excluding tert-OH is 1. The number of ether oxygens (including phenoxy) is 2. The van der Waals surface area contributed by atoms with Crippen molar-refractivity contribution in [3.8, 4) is 11.5 Å². The standard InChI is InChI=1S/C12H19ClN2O3/c1-17-10-6-8(13)11(18-2)5-7(10)12(16)9(15)3-4-14/h5-6,9,12,16H,3-4,14-15H2,1-2H3. The molecule has 0 amide bonds. The van der Waals surface area contributed by atoms with Crippen LogP contribution in [0, 0.1) is 0 Å². The molecule has 0 heterocycles. The second-order valence-corrected chi connectivity index (χ2v) is 4.32. The molecule has 0 aromatic heterocycles. The van der Waals surface area contributed by atoms with Gasteiger partial charge in [0, 0.05) is 17.7 Å². The Kier molecular flexibility index (Phi) is 5.68. The van der Waals surface area contributed by atoms with Gasteiger partial charge < -0.3 is 26.0 Å². The zero-order chi connectivity index (χ0) is 13.7. The van der Waals surface area contributed by atoms with Crippen LogP contribution in [0.5, 0.6) is 11.5 Å². The quantitative estimate of drug-likeness (QED) is 0.722. The Bertz CT molecular complexity index is 401. The lowest BCUT2D eigenvalue weighted by atomic mass is 9.99. The molecule has 102 valence electrons. The third-order valence-electron chi connectivity index (χ3n) is 2.73. The lowest BCUT2D eigenvalue weighted by Gasteiger charge is -2.21. The molecule has 0 bridgehead atoms. The molecular formula is C12H19ClN2O3. The summed E-state index contributed by atoms with van der Waals surface area (Å²) in [4.78, 5) is 0. The number of hydrogen-bond donors (Lipinski definition) is 3. The predicted molar refractivity (Wildman–Crippen MR) is 71.2 cm³/mol. The maximum Gasteiger partial charge on any atom is 0.138 e. The monoisotopic (exact) mass is 274 g/mol. The van der Waals surface area contributed by atoms with Gasteiger partial charge in [0.05, 0.1) is 25.3 Å². The minimum Gasteiger partial charge on any atom is -0.496 e. The Labute approximate surface area is 112 Å². The summed E-state index contributed by atoms with van der Waals surface area (Å²) in [6, 6.07) is 2.76. The summed E-state index contributed by atoms with van der Waals surface area (Å²) in [6.45, 7) is 0.408. The first-order chi connectivity index (χ1) is 8.54. The number of halogens is 1. The van der Waals surface area contributed by atoms with Gasteiger partial charge in [0.25, 0.3) is 0 Å². The lowest BCUT2D eigenvalue weighted by molar-refractivity contribution is 0.139. The van der Waals surface area contributed by atoms with Crippen LogP contribution in [-0.4, -0.2) is 31.9 Å². The third kappa shape index (κ3) is 3.26. The summed E-state index contributed by atoms with van der Waals surface area (Å²) in [5.74, 6) is 0.937. The van der Waals surface area contributed by atoms with Crippen LogP contribution >= 0.6 is 11.6 Å². The molecule has 1 aromatic carbocycles. The summed E-state index contributed by atoms with van der Waals surface area (Å²) in [6.07, 6.45) is -0.371. The second kappa shape index (κ2) is 6.80. The van der Waals surface area contributed by atoms with E-state index in [1.165, 1.54) is 14.2 Å². The molecule has 0 saturated carbocycles. The molecule has 6 heteroatoms. The molecule has 0 fully saturated rings. The highest BCUT2D eigenvalue weighted by Gasteiger charge is 2.22. The summed E-state index contributed by atoms with van der Waals surface area (Å²) in [5.41, 5.74) is 11.8. The fraction of sp³-hybridized carbons (Fsp3) is 0.500. The molecule has 5 N–H and O–H groups in total. The van der Waals surface area contributed by atoms with Crippen LogP contribution in [0.15, 0.2) is 12.1 Å². The average Bonchev–Trinajstić information content (AvgIpc) is 2.37. The summed E-state index contributed by atoms with van der Waals surface area (Å²) in [7, 11) is 3.01. The van der Waals surface area contributed by atoms with Gasteiger partial charge in [-0.15, -0.1) is 0 Å². The molecule has 5 nitrogen and oxygen atoms in total. The van der Waals surface area contributed by atoms with Crippen molar-refractivity contribution in [1.29, 1.82) is 0 Å². The van der Waals surface area contributed by atoms with Gasteiger partial charge in [-0.05, 0) is 19.0 Å². The van der Waals surface area contributed by atoms with Gasteiger partial charge in [-0.1, -0.05) is 11.6 Å². The van der Waals surface area contributed by atoms with E-state index in [0.29, 0.717) is 35.1 Å². The van der Waals surface area contributed by atoms with Gasteiger partial charge in [-0.3, -0.25) is 0 Å². The van der Waals surface area contributed by atoms with E-state index in [2.05, 4.69) is 0 Å². The smallest absolute Gasteiger partial charge is 0.138 e. The van der Waals surface area contributed by atoms with E-state index < -0.39 is 12.1 Å². The van der Waals surface area contributed by atoms with Gasteiger partial charge in [0.1, 0.15) is 11.5 Å².